The predicted molar refractivity (Wildman–Crippen MR) is 86.8 cm³/mol. The number of thioether (sulfide) groups is 1. The van der Waals surface area contributed by atoms with Crippen molar-refractivity contribution < 1.29 is 4.79 Å². The van der Waals surface area contributed by atoms with E-state index in [4.69, 9.17) is 11.0 Å². The molecule has 23 heavy (non-hydrogen) atoms. The minimum atomic E-state index is -1.01. The minimum absolute atomic E-state index is 0.0414. The molecule has 2 N–H and O–H groups in total. The quantitative estimate of drug-likeness (QED) is 0.801. The number of carbonyl (C=O) groups is 1. The van der Waals surface area contributed by atoms with E-state index in [-0.39, 0.29) is 17.2 Å². The largest absolute Gasteiger partial charge is 0.401 e. The number of tetrazole rings is 1. The Morgan fingerprint density at radius 2 is 2.26 bits per heavy atom. The van der Waals surface area contributed by atoms with Crippen LogP contribution in [0.5, 0.6) is 0 Å². The Morgan fingerprint density at radius 3 is 2.91 bits per heavy atom. The van der Waals surface area contributed by atoms with Crippen molar-refractivity contribution in [2.45, 2.75) is 19.0 Å². The second-order valence-electron chi connectivity index (χ2n) is 5.06. The average molecular weight is 328 g/mol. The highest BCUT2D eigenvalue weighted by Gasteiger charge is 2.21. The van der Waals surface area contributed by atoms with E-state index in [1.54, 1.807) is 4.68 Å². The number of Topliss-reactive ketones (excluding diaryl/α,β-unsaturated/α-hetero) is 1. The van der Waals surface area contributed by atoms with Gasteiger partial charge in [-0.05, 0) is 41.5 Å². The fourth-order valence-corrected chi connectivity index (χ4v) is 2.74. The smallest absolute Gasteiger partial charge is 0.214 e. The molecular formula is C15H16N6OS. The van der Waals surface area contributed by atoms with E-state index in [1.165, 1.54) is 0 Å². The van der Waals surface area contributed by atoms with Crippen molar-refractivity contribution in [2.24, 2.45) is 11.7 Å². The topological polar surface area (TPSA) is 110 Å². The van der Waals surface area contributed by atoms with E-state index >= 15 is 0 Å². The van der Waals surface area contributed by atoms with Crippen LogP contribution in [-0.4, -0.2) is 31.7 Å². The van der Waals surface area contributed by atoms with Crippen LogP contribution < -0.4 is 5.73 Å². The Balaban J connectivity index is 2.20. The number of carbonyl (C=O) groups excluding carboxylic acids is 1. The molecule has 2 rings (SSSR count). The molecule has 0 saturated carbocycles. The third-order valence-corrected chi connectivity index (χ3v) is 4.14. The van der Waals surface area contributed by atoms with Crippen LogP contribution in [0.3, 0.4) is 0 Å². The second-order valence-corrected chi connectivity index (χ2v) is 6.00. The van der Waals surface area contributed by atoms with Crippen LogP contribution in [-0.2, 0) is 4.79 Å². The summed E-state index contributed by atoms with van der Waals surface area (Å²) in [7, 11) is 0. The number of hydrogen-bond acceptors (Lipinski definition) is 7. The number of rotatable bonds is 6. The highest BCUT2D eigenvalue weighted by atomic mass is 32.2. The van der Waals surface area contributed by atoms with Crippen molar-refractivity contribution >= 4 is 17.5 Å². The molecule has 1 atom stereocenters. The fourth-order valence-electron chi connectivity index (χ4n) is 1.95. The lowest BCUT2D eigenvalue weighted by molar-refractivity contribution is -0.117. The van der Waals surface area contributed by atoms with Crippen LogP contribution in [0, 0.1) is 31.1 Å². The molecule has 0 aliphatic heterocycles. The van der Waals surface area contributed by atoms with Gasteiger partial charge in [0.1, 0.15) is 5.92 Å². The first kappa shape index (κ1) is 16.7. The summed E-state index contributed by atoms with van der Waals surface area (Å²) in [5.41, 5.74) is 8.46. The number of nitriles is 1. The van der Waals surface area contributed by atoms with Gasteiger partial charge in [0.05, 0.1) is 17.5 Å². The normalized spacial score (nSPS) is 11.7. The zero-order chi connectivity index (χ0) is 17.0. The zero-order valence-corrected chi connectivity index (χ0v) is 13.7. The van der Waals surface area contributed by atoms with Gasteiger partial charge >= 0.3 is 0 Å². The number of benzene rings is 1. The SMILES string of the molecule is C=C(N)[C@@H](C#N)C(=O)CSc1nnnn1-c1cc(C)ccc1C. The van der Waals surface area contributed by atoms with E-state index in [1.807, 2.05) is 38.1 Å². The Labute approximate surface area is 138 Å². The maximum Gasteiger partial charge on any atom is 0.214 e. The Kier molecular flexibility index (Phi) is 5.13. The van der Waals surface area contributed by atoms with Crippen LogP contribution in [0.15, 0.2) is 35.6 Å². The van der Waals surface area contributed by atoms with Gasteiger partial charge in [-0.25, -0.2) is 0 Å². The van der Waals surface area contributed by atoms with Gasteiger partial charge in [0, 0.05) is 5.70 Å². The van der Waals surface area contributed by atoms with E-state index in [9.17, 15) is 4.79 Å². The van der Waals surface area contributed by atoms with Crippen molar-refractivity contribution in [1.82, 2.24) is 20.2 Å². The molecule has 1 heterocycles. The van der Waals surface area contributed by atoms with Crippen molar-refractivity contribution in [3.63, 3.8) is 0 Å². The van der Waals surface area contributed by atoms with Crippen LogP contribution in [0.1, 0.15) is 11.1 Å². The lowest BCUT2D eigenvalue weighted by atomic mass is 10.1. The molecule has 0 aliphatic rings. The highest BCUT2D eigenvalue weighted by Crippen LogP contribution is 2.22. The lowest BCUT2D eigenvalue weighted by Crippen LogP contribution is -2.21. The maximum absolute atomic E-state index is 12.0. The molecule has 0 saturated heterocycles. The summed E-state index contributed by atoms with van der Waals surface area (Å²) in [6.07, 6.45) is 0. The summed E-state index contributed by atoms with van der Waals surface area (Å²) < 4.78 is 1.58. The van der Waals surface area contributed by atoms with E-state index in [0.717, 1.165) is 28.6 Å². The van der Waals surface area contributed by atoms with Crippen molar-refractivity contribution in [3.05, 3.63) is 41.6 Å². The van der Waals surface area contributed by atoms with Crippen molar-refractivity contribution in [3.8, 4) is 11.8 Å². The summed E-state index contributed by atoms with van der Waals surface area (Å²) in [5.74, 6) is -1.28. The van der Waals surface area contributed by atoms with Crippen LogP contribution in [0.4, 0.5) is 0 Å². The number of nitrogens with two attached hydrogens (primary N) is 1. The number of aromatic nitrogens is 4. The molecule has 7 nitrogen and oxygen atoms in total. The van der Waals surface area contributed by atoms with Gasteiger partial charge in [-0.2, -0.15) is 9.94 Å². The first-order valence-electron chi connectivity index (χ1n) is 6.79. The number of nitrogens with zero attached hydrogens (tertiary/aromatic N) is 5. The number of aryl methyl sites for hydroxylation is 2. The Morgan fingerprint density at radius 1 is 1.52 bits per heavy atom. The molecule has 118 valence electrons. The lowest BCUT2D eigenvalue weighted by Gasteiger charge is -2.09. The standard InChI is InChI=1S/C15H16N6OS/c1-9-4-5-10(2)13(6-9)21-15(18-19-20-21)23-8-14(22)12(7-16)11(3)17/h4-6,12H,3,8,17H2,1-2H3/t12-/m1/s1. The maximum atomic E-state index is 12.0. The van der Waals surface area contributed by atoms with Crippen LogP contribution in [0.2, 0.25) is 0 Å². The average Bonchev–Trinajstić information content (AvgIpc) is 2.96. The van der Waals surface area contributed by atoms with Gasteiger partial charge in [0.25, 0.3) is 0 Å². The first-order chi connectivity index (χ1) is 10.9. The van der Waals surface area contributed by atoms with E-state index < -0.39 is 5.92 Å². The zero-order valence-electron chi connectivity index (χ0n) is 12.9. The Hall–Kier alpha value is -2.66. The molecule has 0 aliphatic carbocycles. The molecule has 0 amide bonds. The summed E-state index contributed by atoms with van der Waals surface area (Å²) in [6, 6.07) is 7.80. The van der Waals surface area contributed by atoms with Gasteiger partial charge in [-0.1, -0.05) is 30.5 Å². The molecule has 1 aromatic heterocycles. The van der Waals surface area contributed by atoms with E-state index in [2.05, 4.69) is 22.1 Å². The Bertz CT molecular complexity index is 792. The molecule has 0 spiro atoms. The molecular weight excluding hydrogens is 312 g/mol. The fraction of sp³-hybridized carbons (Fsp3) is 0.267. The summed E-state index contributed by atoms with van der Waals surface area (Å²) in [4.78, 5) is 12.0. The number of ketones is 1. The third kappa shape index (κ3) is 3.76. The highest BCUT2D eigenvalue weighted by molar-refractivity contribution is 7.99. The number of allylic oxidation sites excluding steroid dienone is 1. The molecule has 0 fully saturated rings. The summed E-state index contributed by atoms with van der Waals surface area (Å²) in [5, 5.41) is 21.0. The summed E-state index contributed by atoms with van der Waals surface area (Å²) in [6.45, 7) is 7.40. The molecule has 2 aromatic rings. The molecule has 0 unspecified atom stereocenters. The minimum Gasteiger partial charge on any atom is -0.401 e. The van der Waals surface area contributed by atoms with Crippen molar-refractivity contribution in [1.29, 1.82) is 5.26 Å². The first-order valence-corrected chi connectivity index (χ1v) is 7.78. The van der Waals surface area contributed by atoms with Gasteiger partial charge in [-0.3, -0.25) is 4.79 Å². The molecule has 8 heteroatoms. The molecule has 0 bridgehead atoms. The van der Waals surface area contributed by atoms with Crippen LogP contribution in [0.25, 0.3) is 5.69 Å². The third-order valence-electron chi connectivity index (χ3n) is 3.20. The summed E-state index contributed by atoms with van der Waals surface area (Å²) >= 11 is 1.16. The second kappa shape index (κ2) is 7.07. The van der Waals surface area contributed by atoms with Gasteiger partial charge in [-0.15, -0.1) is 5.10 Å². The van der Waals surface area contributed by atoms with Gasteiger partial charge in [0.15, 0.2) is 5.78 Å². The van der Waals surface area contributed by atoms with Crippen molar-refractivity contribution in [2.75, 3.05) is 5.75 Å². The molecule has 1 aromatic carbocycles. The van der Waals surface area contributed by atoms with Gasteiger partial charge < -0.3 is 5.73 Å². The van der Waals surface area contributed by atoms with E-state index in [0.29, 0.717) is 5.16 Å². The van der Waals surface area contributed by atoms with Gasteiger partial charge in [0.2, 0.25) is 5.16 Å². The monoisotopic (exact) mass is 328 g/mol. The van der Waals surface area contributed by atoms with Crippen LogP contribution >= 0.6 is 11.8 Å². The predicted octanol–water partition coefficient (Wildman–Crippen LogP) is 1.55. The molecule has 0 radical (unpaired) electrons. The number of hydrogen-bond donors (Lipinski definition) is 1.